The van der Waals surface area contributed by atoms with Crippen LogP contribution in [0.2, 0.25) is 0 Å². The summed E-state index contributed by atoms with van der Waals surface area (Å²) in [6, 6.07) is 0. The smallest absolute Gasteiger partial charge is 0.260 e. The average molecular weight is 306 g/mol. The second kappa shape index (κ2) is 3.06. The average Bonchev–Trinajstić information content (AvgIpc) is 2.27. The van der Waals surface area contributed by atoms with Crippen LogP contribution in [0.3, 0.4) is 0 Å². The first-order valence-corrected chi connectivity index (χ1v) is 5.64. The summed E-state index contributed by atoms with van der Waals surface area (Å²) in [5.74, 6) is 0. The zero-order chi connectivity index (χ0) is 9.59. The molecule has 0 saturated carbocycles. The van der Waals surface area contributed by atoms with Gasteiger partial charge in [0.05, 0.1) is 5.39 Å². The van der Waals surface area contributed by atoms with Gasteiger partial charge in [0.1, 0.15) is 4.83 Å². The zero-order valence-electron chi connectivity index (χ0n) is 7.14. The Bertz CT molecular complexity index is 529. The van der Waals surface area contributed by atoms with Gasteiger partial charge in [-0.1, -0.05) is 0 Å². The molecule has 0 atom stereocenters. The lowest BCUT2D eigenvalue weighted by atomic mass is 10.2. The lowest BCUT2D eigenvalue weighted by Gasteiger charge is -1.91. The Balaban J connectivity index is 3.03. The summed E-state index contributed by atoms with van der Waals surface area (Å²) in [6.45, 7) is 3.96. The fraction of sp³-hybridized carbons (Fsp3) is 0.250. The lowest BCUT2D eigenvalue weighted by Crippen LogP contribution is -2.08. The molecule has 0 aromatic carbocycles. The van der Waals surface area contributed by atoms with Crippen molar-refractivity contribution in [2.75, 3.05) is 0 Å². The van der Waals surface area contributed by atoms with E-state index in [9.17, 15) is 4.79 Å². The number of rotatable bonds is 0. The first kappa shape index (κ1) is 9.14. The molecule has 1 N–H and O–H groups in total. The number of nitrogens with zero attached hydrogens (tertiary/aromatic N) is 1. The Morgan fingerprint density at radius 2 is 2.15 bits per heavy atom. The van der Waals surface area contributed by atoms with Gasteiger partial charge in [-0.3, -0.25) is 4.79 Å². The first-order valence-electron chi connectivity index (χ1n) is 3.75. The monoisotopic (exact) mass is 306 g/mol. The van der Waals surface area contributed by atoms with Crippen LogP contribution in [-0.2, 0) is 0 Å². The fourth-order valence-electron chi connectivity index (χ4n) is 1.23. The van der Waals surface area contributed by atoms with Crippen molar-refractivity contribution in [2.45, 2.75) is 13.8 Å². The van der Waals surface area contributed by atoms with E-state index >= 15 is 0 Å². The van der Waals surface area contributed by atoms with Gasteiger partial charge in [-0.2, -0.15) is 0 Å². The van der Waals surface area contributed by atoms with Crippen molar-refractivity contribution in [2.24, 2.45) is 0 Å². The van der Waals surface area contributed by atoms with E-state index in [1.54, 1.807) is 11.3 Å². The summed E-state index contributed by atoms with van der Waals surface area (Å²) in [5.41, 5.74) is 1.02. The minimum absolute atomic E-state index is 0.0312. The van der Waals surface area contributed by atoms with Crippen LogP contribution < -0.4 is 5.56 Å². The van der Waals surface area contributed by atoms with E-state index in [4.69, 9.17) is 0 Å². The molecule has 2 aromatic rings. The van der Waals surface area contributed by atoms with E-state index in [2.05, 4.69) is 9.97 Å². The molecule has 0 bridgehead atoms. The maximum absolute atomic E-state index is 11.5. The number of thiophene rings is 1. The van der Waals surface area contributed by atoms with Gasteiger partial charge in [0.15, 0.2) is 3.83 Å². The van der Waals surface area contributed by atoms with Crippen molar-refractivity contribution in [3.63, 3.8) is 0 Å². The zero-order valence-corrected chi connectivity index (χ0v) is 10.1. The van der Waals surface area contributed by atoms with Crippen LogP contribution in [0, 0.1) is 17.7 Å². The summed E-state index contributed by atoms with van der Waals surface area (Å²) >= 11 is 3.59. The molecule has 0 aliphatic rings. The summed E-state index contributed by atoms with van der Waals surface area (Å²) in [5, 5.41) is 0.739. The summed E-state index contributed by atoms with van der Waals surface area (Å²) in [6.07, 6.45) is 0. The molecule has 2 aromatic heterocycles. The van der Waals surface area contributed by atoms with Gasteiger partial charge in [0.2, 0.25) is 0 Å². The van der Waals surface area contributed by atoms with E-state index in [1.165, 1.54) is 0 Å². The van der Waals surface area contributed by atoms with Crippen molar-refractivity contribution in [3.05, 3.63) is 24.6 Å². The van der Waals surface area contributed by atoms with Crippen LogP contribution in [0.1, 0.15) is 10.4 Å². The number of aromatic amines is 1. The maximum atomic E-state index is 11.5. The third kappa shape index (κ3) is 1.39. The number of nitrogens with one attached hydrogen (secondary N) is 1. The molecule has 0 fully saturated rings. The highest BCUT2D eigenvalue weighted by molar-refractivity contribution is 14.1. The van der Waals surface area contributed by atoms with E-state index in [0.29, 0.717) is 3.83 Å². The van der Waals surface area contributed by atoms with Crippen LogP contribution in [-0.4, -0.2) is 9.97 Å². The van der Waals surface area contributed by atoms with Gasteiger partial charge in [-0.05, 0) is 42.0 Å². The Hall–Kier alpha value is -0.430. The highest BCUT2D eigenvalue weighted by Crippen LogP contribution is 2.25. The van der Waals surface area contributed by atoms with E-state index in [0.717, 1.165) is 20.7 Å². The highest BCUT2D eigenvalue weighted by Gasteiger charge is 2.10. The predicted octanol–water partition coefficient (Wildman–Crippen LogP) is 2.21. The van der Waals surface area contributed by atoms with E-state index in [-0.39, 0.29) is 5.56 Å². The summed E-state index contributed by atoms with van der Waals surface area (Å²) in [4.78, 5) is 20.5. The van der Waals surface area contributed by atoms with Gasteiger partial charge >= 0.3 is 0 Å². The maximum Gasteiger partial charge on any atom is 0.260 e. The molecule has 68 valence electrons. The number of fused-ring (bicyclic) bond motifs is 1. The quantitative estimate of drug-likeness (QED) is 0.599. The number of halogens is 1. The molecule has 5 heteroatoms. The molecule has 0 unspecified atom stereocenters. The second-order valence-electron chi connectivity index (χ2n) is 2.82. The molecular formula is C8H7IN2OS. The molecular weight excluding hydrogens is 299 g/mol. The predicted molar refractivity (Wildman–Crippen MR) is 62.4 cm³/mol. The Morgan fingerprint density at radius 3 is 2.85 bits per heavy atom. The number of hydrogen-bond donors (Lipinski definition) is 1. The number of hydrogen-bond acceptors (Lipinski definition) is 3. The number of H-pyrrole nitrogens is 1. The summed E-state index contributed by atoms with van der Waals surface area (Å²) < 4.78 is 0.649. The van der Waals surface area contributed by atoms with Crippen LogP contribution >= 0.6 is 33.9 Å². The second-order valence-corrected chi connectivity index (χ2v) is 5.05. The van der Waals surface area contributed by atoms with Crippen LogP contribution in [0.5, 0.6) is 0 Å². The molecule has 0 aliphatic heterocycles. The standard InChI is InChI=1S/C8H7IN2OS/c1-3-4(2)13-7-5(3)6(12)10-8(9)11-7/h1-2H3,(H,10,11,12). The van der Waals surface area contributed by atoms with Crippen LogP contribution in [0.15, 0.2) is 4.79 Å². The minimum atomic E-state index is -0.0312. The molecule has 0 radical (unpaired) electrons. The van der Waals surface area contributed by atoms with Crippen LogP contribution in [0.4, 0.5) is 0 Å². The molecule has 0 saturated heterocycles. The largest absolute Gasteiger partial charge is 0.301 e. The Morgan fingerprint density at radius 1 is 1.46 bits per heavy atom. The van der Waals surface area contributed by atoms with Gasteiger partial charge < -0.3 is 4.98 Å². The lowest BCUT2D eigenvalue weighted by molar-refractivity contribution is 1.12. The molecule has 0 amide bonds. The Labute approximate surface area is 92.3 Å². The molecule has 2 heterocycles. The minimum Gasteiger partial charge on any atom is -0.301 e. The van der Waals surface area contributed by atoms with Crippen molar-refractivity contribution in [1.29, 1.82) is 0 Å². The van der Waals surface area contributed by atoms with Gasteiger partial charge in [0, 0.05) is 4.88 Å². The molecule has 0 spiro atoms. The van der Waals surface area contributed by atoms with Gasteiger partial charge in [-0.25, -0.2) is 4.98 Å². The normalized spacial score (nSPS) is 11.0. The third-order valence-electron chi connectivity index (χ3n) is 2.01. The SMILES string of the molecule is Cc1sc2nc(I)[nH]c(=O)c2c1C. The number of aromatic nitrogens is 2. The third-order valence-corrected chi connectivity index (χ3v) is 3.62. The summed E-state index contributed by atoms with van der Waals surface area (Å²) in [7, 11) is 0. The van der Waals surface area contributed by atoms with Crippen molar-refractivity contribution in [1.82, 2.24) is 9.97 Å². The first-order chi connectivity index (χ1) is 6.09. The molecule has 2 rings (SSSR count). The van der Waals surface area contributed by atoms with Crippen LogP contribution in [0.25, 0.3) is 10.2 Å². The number of aryl methyl sites for hydroxylation is 2. The van der Waals surface area contributed by atoms with Crippen molar-refractivity contribution >= 4 is 44.1 Å². The van der Waals surface area contributed by atoms with Gasteiger partial charge in [0.25, 0.3) is 5.56 Å². The Kier molecular flexibility index (Phi) is 2.15. The topological polar surface area (TPSA) is 45.8 Å². The van der Waals surface area contributed by atoms with Gasteiger partial charge in [-0.15, -0.1) is 11.3 Å². The highest BCUT2D eigenvalue weighted by atomic mass is 127. The van der Waals surface area contributed by atoms with Crippen molar-refractivity contribution in [3.8, 4) is 0 Å². The molecule has 13 heavy (non-hydrogen) atoms. The van der Waals surface area contributed by atoms with E-state index in [1.807, 2.05) is 36.4 Å². The van der Waals surface area contributed by atoms with E-state index < -0.39 is 0 Å². The fourth-order valence-corrected chi connectivity index (χ4v) is 2.91. The molecule has 3 nitrogen and oxygen atoms in total. The molecule has 0 aliphatic carbocycles. The van der Waals surface area contributed by atoms with Crippen molar-refractivity contribution < 1.29 is 0 Å².